The van der Waals surface area contributed by atoms with Crippen molar-refractivity contribution in [1.82, 2.24) is 9.97 Å². The summed E-state index contributed by atoms with van der Waals surface area (Å²) in [6.07, 6.45) is 6.93. The predicted molar refractivity (Wildman–Crippen MR) is 57.6 cm³/mol. The first kappa shape index (κ1) is 8.63. The molecule has 0 spiro atoms. The first-order valence-corrected chi connectivity index (χ1v) is 4.39. The van der Waals surface area contributed by atoms with Crippen LogP contribution in [0.15, 0.2) is 49.4 Å². The molecular weight excluding hydrogens is 172 g/mol. The van der Waals surface area contributed by atoms with E-state index in [0.717, 1.165) is 16.8 Å². The first-order chi connectivity index (χ1) is 6.90. The van der Waals surface area contributed by atoms with Crippen LogP contribution in [0.3, 0.4) is 0 Å². The fraction of sp³-hybridized carbons (Fsp3) is 0. The Morgan fingerprint density at radius 3 is 2.43 bits per heavy atom. The van der Waals surface area contributed by atoms with E-state index in [2.05, 4.69) is 16.5 Å². The molecule has 0 aliphatic rings. The minimum absolute atomic E-state index is 0.892. The summed E-state index contributed by atoms with van der Waals surface area (Å²) in [5, 5.41) is 0. The van der Waals surface area contributed by atoms with Crippen LogP contribution in [0, 0.1) is 0 Å². The maximum Gasteiger partial charge on any atom is 0.0885 e. The van der Waals surface area contributed by atoms with E-state index in [-0.39, 0.29) is 0 Å². The first-order valence-electron chi connectivity index (χ1n) is 4.39. The summed E-state index contributed by atoms with van der Waals surface area (Å²) < 4.78 is 0. The number of benzene rings is 1. The molecule has 0 radical (unpaired) electrons. The average molecular weight is 182 g/mol. The number of aromatic nitrogens is 2. The third-order valence-electron chi connectivity index (χ3n) is 2.01. The second-order valence-electron chi connectivity index (χ2n) is 2.92. The van der Waals surface area contributed by atoms with Gasteiger partial charge in [0.2, 0.25) is 0 Å². The third kappa shape index (κ3) is 1.69. The van der Waals surface area contributed by atoms with Gasteiger partial charge in [0, 0.05) is 18.0 Å². The van der Waals surface area contributed by atoms with E-state index < -0.39 is 0 Å². The molecule has 2 heteroatoms. The molecule has 0 bridgehead atoms. The van der Waals surface area contributed by atoms with Crippen molar-refractivity contribution < 1.29 is 0 Å². The lowest BCUT2D eigenvalue weighted by Gasteiger charge is -1.99. The van der Waals surface area contributed by atoms with Gasteiger partial charge in [-0.2, -0.15) is 0 Å². The Bertz CT molecular complexity index is 418. The molecule has 1 aromatic carbocycles. The standard InChI is InChI=1S/C12H10N2/c1-2-10-3-5-11(6-4-10)12-9-13-7-8-14-12/h2-9H,1H2. The van der Waals surface area contributed by atoms with E-state index in [9.17, 15) is 0 Å². The normalized spacial score (nSPS) is 9.71. The van der Waals surface area contributed by atoms with Crippen molar-refractivity contribution in [3.8, 4) is 11.3 Å². The average Bonchev–Trinajstić information content (AvgIpc) is 2.30. The number of nitrogens with zero attached hydrogens (tertiary/aromatic N) is 2. The molecule has 0 fully saturated rings. The van der Waals surface area contributed by atoms with Crippen molar-refractivity contribution in [2.24, 2.45) is 0 Å². The maximum atomic E-state index is 4.22. The summed E-state index contributed by atoms with van der Waals surface area (Å²) in [6, 6.07) is 8.05. The maximum absolute atomic E-state index is 4.22. The quantitative estimate of drug-likeness (QED) is 0.713. The highest BCUT2D eigenvalue weighted by Gasteiger charge is 1.96. The van der Waals surface area contributed by atoms with Crippen LogP contribution in [-0.4, -0.2) is 9.97 Å². The lowest BCUT2D eigenvalue weighted by atomic mass is 10.1. The minimum Gasteiger partial charge on any atom is -0.261 e. The molecule has 1 heterocycles. The zero-order valence-electron chi connectivity index (χ0n) is 7.72. The van der Waals surface area contributed by atoms with Crippen molar-refractivity contribution in [2.45, 2.75) is 0 Å². The lowest BCUT2D eigenvalue weighted by Crippen LogP contribution is -1.83. The van der Waals surface area contributed by atoms with Crippen LogP contribution in [0.2, 0.25) is 0 Å². The molecule has 68 valence electrons. The molecule has 0 amide bonds. The Balaban J connectivity index is 2.39. The molecule has 0 N–H and O–H groups in total. The van der Waals surface area contributed by atoms with Crippen molar-refractivity contribution >= 4 is 6.08 Å². The van der Waals surface area contributed by atoms with Crippen LogP contribution >= 0.6 is 0 Å². The van der Waals surface area contributed by atoms with E-state index in [1.165, 1.54) is 0 Å². The Morgan fingerprint density at radius 2 is 1.86 bits per heavy atom. The van der Waals surface area contributed by atoms with E-state index in [4.69, 9.17) is 0 Å². The van der Waals surface area contributed by atoms with Crippen LogP contribution in [-0.2, 0) is 0 Å². The number of hydrogen-bond acceptors (Lipinski definition) is 2. The van der Waals surface area contributed by atoms with Gasteiger partial charge in [-0.25, -0.2) is 0 Å². The molecular formula is C12H10N2. The monoisotopic (exact) mass is 182 g/mol. The lowest BCUT2D eigenvalue weighted by molar-refractivity contribution is 1.21. The van der Waals surface area contributed by atoms with Crippen LogP contribution < -0.4 is 0 Å². The van der Waals surface area contributed by atoms with Crippen molar-refractivity contribution in [2.75, 3.05) is 0 Å². The Hall–Kier alpha value is -1.96. The van der Waals surface area contributed by atoms with Gasteiger partial charge < -0.3 is 0 Å². The van der Waals surface area contributed by atoms with Gasteiger partial charge in [0.05, 0.1) is 11.9 Å². The van der Waals surface area contributed by atoms with Crippen LogP contribution in [0.25, 0.3) is 17.3 Å². The Labute approximate surface area is 83.0 Å². The van der Waals surface area contributed by atoms with Gasteiger partial charge in [0.1, 0.15) is 0 Å². The predicted octanol–water partition coefficient (Wildman–Crippen LogP) is 2.79. The van der Waals surface area contributed by atoms with Gasteiger partial charge in [0.25, 0.3) is 0 Å². The molecule has 0 saturated carbocycles. The second kappa shape index (κ2) is 3.83. The SMILES string of the molecule is C=Cc1ccc(-c2cnccn2)cc1. The van der Waals surface area contributed by atoms with Crippen LogP contribution in [0.5, 0.6) is 0 Å². The van der Waals surface area contributed by atoms with Crippen LogP contribution in [0.4, 0.5) is 0 Å². The topological polar surface area (TPSA) is 25.8 Å². The van der Waals surface area contributed by atoms with Gasteiger partial charge in [-0.1, -0.05) is 36.9 Å². The summed E-state index contributed by atoms with van der Waals surface area (Å²) in [7, 11) is 0. The van der Waals surface area contributed by atoms with Crippen molar-refractivity contribution in [3.05, 3.63) is 55.0 Å². The molecule has 14 heavy (non-hydrogen) atoms. The van der Waals surface area contributed by atoms with E-state index in [0.29, 0.717) is 0 Å². The van der Waals surface area contributed by atoms with E-state index >= 15 is 0 Å². The molecule has 2 aromatic rings. The molecule has 0 saturated heterocycles. The highest BCUT2D eigenvalue weighted by atomic mass is 14.8. The minimum atomic E-state index is 0.892. The molecule has 0 aliphatic heterocycles. The van der Waals surface area contributed by atoms with Crippen molar-refractivity contribution in [1.29, 1.82) is 0 Å². The summed E-state index contributed by atoms with van der Waals surface area (Å²) in [5.74, 6) is 0. The smallest absolute Gasteiger partial charge is 0.0885 e. The van der Waals surface area contributed by atoms with Gasteiger partial charge >= 0.3 is 0 Å². The summed E-state index contributed by atoms with van der Waals surface area (Å²) >= 11 is 0. The molecule has 0 aliphatic carbocycles. The zero-order valence-corrected chi connectivity index (χ0v) is 7.72. The van der Waals surface area contributed by atoms with Gasteiger partial charge in [0.15, 0.2) is 0 Å². The van der Waals surface area contributed by atoms with E-state index in [1.54, 1.807) is 18.6 Å². The zero-order chi connectivity index (χ0) is 9.80. The molecule has 2 nitrogen and oxygen atoms in total. The van der Waals surface area contributed by atoms with Crippen LogP contribution in [0.1, 0.15) is 5.56 Å². The third-order valence-corrected chi connectivity index (χ3v) is 2.01. The second-order valence-corrected chi connectivity index (χ2v) is 2.92. The van der Waals surface area contributed by atoms with Crippen molar-refractivity contribution in [3.63, 3.8) is 0 Å². The fourth-order valence-electron chi connectivity index (χ4n) is 1.24. The largest absolute Gasteiger partial charge is 0.261 e. The Morgan fingerprint density at radius 1 is 1.07 bits per heavy atom. The van der Waals surface area contributed by atoms with Gasteiger partial charge in [-0.15, -0.1) is 0 Å². The number of hydrogen-bond donors (Lipinski definition) is 0. The summed E-state index contributed by atoms with van der Waals surface area (Å²) in [4.78, 5) is 8.24. The summed E-state index contributed by atoms with van der Waals surface area (Å²) in [5.41, 5.74) is 3.07. The Kier molecular flexibility index (Phi) is 2.36. The molecule has 0 atom stereocenters. The summed E-state index contributed by atoms with van der Waals surface area (Å²) in [6.45, 7) is 3.71. The highest BCUT2D eigenvalue weighted by Crippen LogP contribution is 2.16. The molecule has 2 rings (SSSR count). The highest BCUT2D eigenvalue weighted by molar-refractivity contribution is 5.61. The molecule has 1 aromatic heterocycles. The fourth-order valence-corrected chi connectivity index (χ4v) is 1.24. The molecule has 0 unspecified atom stereocenters. The van der Waals surface area contributed by atoms with Gasteiger partial charge in [-0.3, -0.25) is 9.97 Å². The number of rotatable bonds is 2. The van der Waals surface area contributed by atoms with E-state index in [1.807, 2.05) is 30.3 Å². The van der Waals surface area contributed by atoms with Gasteiger partial charge in [-0.05, 0) is 5.56 Å².